The lowest BCUT2D eigenvalue weighted by Gasteiger charge is -2.41. The second-order valence-corrected chi connectivity index (χ2v) is 12.4. The van der Waals surface area contributed by atoms with E-state index in [1.165, 1.54) is 22.0 Å². The number of carbonyl (C=O) groups is 3. The molecule has 4 heterocycles. The van der Waals surface area contributed by atoms with Crippen LogP contribution in [0.5, 0.6) is 0 Å². The molecule has 10 heteroatoms. The van der Waals surface area contributed by atoms with Crippen molar-refractivity contribution in [1.82, 2.24) is 20.0 Å². The van der Waals surface area contributed by atoms with Gasteiger partial charge in [-0.05, 0) is 56.3 Å². The Morgan fingerprint density at radius 3 is 2.62 bits per heavy atom. The first-order valence-electron chi connectivity index (χ1n) is 13.8. The van der Waals surface area contributed by atoms with E-state index in [9.17, 15) is 14.4 Å². The normalized spacial score (nSPS) is 24.6. The van der Waals surface area contributed by atoms with Crippen LogP contribution >= 0.6 is 11.8 Å². The van der Waals surface area contributed by atoms with Gasteiger partial charge in [-0.25, -0.2) is 4.99 Å². The molecule has 208 valence electrons. The van der Waals surface area contributed by atoms with Crippen LogP contribution in [0.15, 0.2) is 46.3 Å². The van der Waals surface area contributed by atoms with Gasteiger partial charge in [0.1, 0.15) is 5.84 Å². The minimum absolute atomic E-state index is 0.00116. The highest BCUT2D eigenvalue weighted by Gasteiger charge is 2.46. The molecule has 1 saturated heterocycles. The Balaban J connectivity index is 1.19. The number of imide groups is 1. The van der Waals surface area contributed by atoms with Gasteiger partial charge in [0.2, 0.25) is 5.91 Å². The standard InChI is InChI=1S/C29H38N6O3S/c1-20-18-29(2)27(34-15-13-33(3)14-16-34)31-23-17-21(8-9-22(23)32-28(29)39-20)19-30-24(36)7-5-4-6-12-35-25(37)10-11-26(35)38/h8-11,17-18,28,32H,4-7,12-16,19H2,1-3H3,(H,30,36). The summed E-state index contributed by atoms with van der Waals surface area (Å²) in [6, 6.07) is 6.22. The first-order chi connectivity index (χ1) is 18.7. The van der Waals surface area contributed by atoms with Gasteiger partial charge in [-0.2, -0.15) is 0 Å². The zero-order valence-corrected chi connectivity index (χ0v) is 23.9. The van der Waals surface area contributed by atoms with E-state index >= 15 is 0 Å². The van der Waals surface area contributed by atoms with Gasteiger partial charge in [0.15, 0.2) is 0 Å². The maximum atomic E-state index is 12.5. The summed E-state index contributed by atoms with van der Waals surface area (Å²) >= 11 is 1.87. The third kappa shape index (κ3) is 6.06. The molecular weight excluding hydrogens is 512 g/mol. The van der Waals surface area contributed by atoms with Crippen LogP contribution < -0.4 is 10.6 Å². The molecule has 0 aliphatic carbocycles. The van der Waals surface area contributed by atoms with Gasteiger partial charge in [-0.15, -0.1) is 11.8 Å². The van der Waals surface area contributed by atoms with Crippen LogP contribution in [0.2, 0.25) is 0 Å². The molecule has 0 aromatic heterocycles. The molecular formula is C29H38N6O3S. The smallest absolute Gasteiger partial charge is 0.253 e. The fourth-order valence-electron chi connectivity index (χ4n) is 5.58. The van der Waals surface area contributed by atoms with Crippen molar-refractivity contribution in [3.8, 4) is 0 Å². The topological polar surface area (TPSA) is 97.3 Å². The summed E-state index contributed by atoms with van der Waals surface area (Å²) in [5.74, 6) is 0.608. The highest BCUT2D eigenvalue weighted by atomic mass is 32.2. The summed E-state index contributed by atoms with van der Waals surface area (Å²) in [6.07, 6.45) is 7.58. The molecule has 39 heavy (non-hydrogen) atoms. The number of piperazine rings is 1. The van der Waals surface area contributed by atoms with Gasteiger partial charge in [0, 0.05) is 57.8 Å². The lowest BCUT2D eigenvalue weighted by Crippen LogP contribution is -2.53. The van der Waals surface area contributed by atoms with E-state index in [0.29, 0.717) is 32.4 Å². The van der Waals surface area contributed by atoms with E-state index in [0.717, 1.165) is 55.4 Å². The number of unbranched alkanes of at least 4 members (excludes halogenated alkanes) is 2. The molecule has 2 atom stereocenters. The number of anilines is 1. The van der Waals surface area contributed by atoms with Crippen molar-refractivity contribution in [3.05, 3.63) is 46.9 Å². The van der Waals surface area contributed by atoms with Crippen LogP contribution in [0.3, 0.4) is 0 Å². The van der Waals surface area contributed by atoms with Crippen LogP contribution in [-0.2, 0) is 20.9 Å². The van der Waals surface area contributed by atoms with Gasteiger partial charge in [0.05, 0.1) is 22.2 Å². The van der Waals surface area contributed by atoms with E-state index < -0.39 is 0 Å². The fourth-order valence-corrected chi connectivity index (χ4v) is 6.87. The number of carbonyl (C=O) groups excluding carboxylic acids is 3. The molecule has 1 fully saturated rings. The summed E-state index contributed by atoms with van der Waals surface area (Å²) in [5, 5.41) is 6.97. The zero-order valence-electron chi connectivity index (χ0n) is 23.0. The Kier molecular flexibility index (Phi) is 8.13. The van der Waals surface area contributed by atoms with E-state index in [1.807, 2.05) is 11.8 Å². The van der Waals surface area contributed by atoms with E-state index in [-0.39, 0.29) is 28.5 Å². The second-order valence-electron chi connectivity index (χ2n) is 11.0. The van der Waals surface area contributed by atoms with Crippen molar-refractivity contribution < 1.29 is 14.4 Å². The van der Waals surface area contributed by atoms with Gasteiger partial charge in [-0.1, -0.05) is 18.6 Å². The van der Waals surface area contributed by atoms with E-state index in [4.69, 9.17) is 4.99 Å². The number of hydrogen-bond donors (Lipinski definition) is 2. The summed E-state index contributed by atoms with van der Waals surface area (Å²) in [5.41, 5.74) is 2.74. The number of amides is 3. The molecule has 0 saturated carbocycles. The number of aliphatic imine (C=N–C) groups is 1. The molecule has 1 aromatic rings. The first kappa shape index (κ1) is 27.5. The molecule has 2 unspecified atom stereocenters. The van der Waals surface area contributed by atoms with Crippen molar-refractivity contribution in [2.24, 2.45) is 10.4 Å². The molecule has 3 amide bonds. The van der Waals surface area contributed by atoms with Crippen molar-refractivity contribution >= 4 is 46.7 Å². The predicted molar refractivity (Wildman–Crippen MR) is 156 cm³/mol. The number of rotatable bonds is 8. The fraction of sp³-hybridized carbons (Fsp3) is 0.517. The Labute approximate surface area is 234 Å². The Morgan fingerprint density at radius 1 is 1.13 bits per heavy atom. The quantitative estimate of drug-likeness (QED) is 0.378. The molecule has 2 N–H and O–H groups in total. The number of amidine groups is 1. The molecule has 9 nitrogen and oxygen atoms in total. The molecule has 0 spiro atoms. The van der Waals surface area contributed by atoms with Crippen LogP contribution in [0, 0.1) is 5.41 Å². The lowest BCUT2D eigenvalue weighted by molar-refractivity contribution is -0.137. The highest BCUT2D eigenvalue weighted by Crippen LogP contribution is 2.50. The first-order valence-corrected chi connectivity index (χ1v) is 14.7. The monoisotopic (exact) mass is 550 g/mol. The Hall–Kier alpha value is -3.11. The molecule has 5 rings (SSSR count). The van der Waals surface area contributed by atoms with Crippen LogP contribution in [0.1, 0.15) is 45.1 Å². The summed E-state index contributed by atoms with van der Waals surface area (Å²) in [7, 11) is 2.17. The number of hydrogen-bond acceptors (Lipinski definition) is 8. The van der Waals surface area contributed by atoms with Crippen LogP contribution in [-0.4, -0.2) is 83.4 Å². The maximum absolute atomic E-state index is 12.5. The summed E-state index contributed by atoms with van der Waals surface area (Å²) < 4.78 is 0. The maximum Gasteiger partial charge on any atom is 0.253 e. The number of allylic oxidation sites excluding steroid dienone is 1. The summed E-state index contributed by atoms with van der Waals surface area (Å²) in [6.45, 7) is 9.27. The third-order valence-electron chi connectivity index (χ3n) is 7.89. The van der Waals surface area contributed by atoms with Gasteiger partial charge < -0.3 is 20.4 Å². The lowest BCUT2D eigenvalue weighted by atomic mass is 9.87. The van der Waals surface area contributed by atoms with Crippen molar-refractivity contribution in [2.45, 2.75) is 51.4 Å². The molecule has 0 radical (unpaired) electrons. The van der Waals surface area contributed by atoms with Gasteiger partial charge in [0.25, 0.3) is 11.8 Å². The molecule has 4 aliphatic heterocycles. The van der Waals surface area contributed by atoms with Crippen molar-refractivity contribution in [1.29, 1.82) is 0 Å². The van der Waals surface area contributed by atoms with Crippen LogP contribution in [0.25, 0.3) is 0 Å². The Bertz CT molecular complexity index is 1220. The predicted octanol–water partition coefficient (Wildman–Crippen LogP) is 3.47. The highest BCUT2D eigenvalue weighted by molar-refractivity contribution is 8.04. The van der Waals surface area contributed by atoms with Crippen molar-refractivity contribution in [2.75, 3.05) is 45.1 Å². The number of thioether (sulfide) groups is 1. The summed E-state index contributed by atoms with van der Waals surface area (Å²) in [4.78, 5) is 48.3. The van der Waals surface area contributed by atoms with E-state index in [1.54, 1.807) is 0 Å². The van der Waals surface area contributed by atoms with Gasteiger partial charge in [-0.3, -0.25) is 19.3 Å². The average molecular weight is 551 g/mol. The minimum Gasteiger partial charge on any atom is -0.370 e. The van der Waals surface area contributed by atoms with Gasteiger partial charge >= 0.3 is 0 Å². The minimum atomic E-state index is -0.253. The largest absolute Gasteiger partial charge is 0.370 e. The zero-order chi connectivity index (χ0) is 27.6. The van der Waals surface area contributed by atoms with E-state index in [2.05, 4.69) is 65.6 Å². The number of benzene rings is 1. The molecule has 4 aliphatic rings. The second kappa shape index (κ2) is 11.6. The average Bonchev–Trinajstić information content (AvgIpc) is 3.35. The van der Waals surface area contributed by atoms with Crippen LogP contribution in [0.4, 0.5) is 11.4 Å². The van der Waals surface area contributed by atoms with Crippen molar-refractivity contribution in [3.63, 3.8) is 0 Å². The number of likely N-dealkylation sites (N-methyl/N-ethyl adjacent to an activating group) is 1. The number of fused-ring (bicyclic) bond motifs is 2. The molecule has 0 bridgehead atoms. The Morgan fingerprint density at radius 2 is 1.87 bits per heavy atom. The number of nitrogens with zero attached hydrogens (tertiary/aromatic N) is 4. The number of nitrogens with one attached hydrogen (secondary N) is 2. The third-order valence-corrected chi connectivity index (χ3v) is 9.22. The SMILES string of the molecule is CC1=CC2(C)C(N3CCN(C)CC3)=Nc3cc(CNC(=O)CCCCCN4C(=O)C=CC4=O)ccc3NC2S1. The molecule has 1 aromatic carbocycles.